The topological polar surface area (TPSA) is 42.0 Å². The molecule has 3 heterocycles. The fourth-order valence-corrected chi connectivity index (χ4v) is 4.02. The van der Waals surface area contributed by atoms with Gasteiger partial charge in [-0.1, -0.05) is 12.1 Å². The second-order valence-corrected chi connectivity index (χ2v) is 7.58. The highest BCUT2D eigenvalue weighted by molar-refractivity contribution is 7.10. The summed E-state index contributed by atoms with van der Waals surface area (Å²) in [6.07, 6.45) is 1.98. The molecule has 26 heavy (non-hydrogen) atoms. The van der Waals surface area contributed by atoms with Gasteiger partial charge in [0.1, 0.15) is 0 Å². The van der Waals surface area contributed by atoms with E-state index >= 15 is 0 Å². The number of thiophene rings is 1. The number of hydrogen-bond donors (Lipinski definition) is 0. The van der Waals surface area contributed by atoms with E-state index < -0.39 is 0 Å². The lowest BCUT2D eigenvalue weighted by atomic mass is 10.1. The number of hydrogen-bond acceptors (Lipinski definition) is 5. The summed E-state index contributed by atoms with van der Waals surface area (Å²) in [5, 5.41) is 2.03. The third-order valence-electron chi connectivity index (χ3n) is 4.74. The van der Waals surface area contributed by atoms with Gasteiger partial charge < -0.3 is 14.4 Å². The van der Waals surface area contributed by atoms with Gasteiger partial charge in [0.15, 0.2) is 11.5 Å². The van der Waals surface area contributed by atoms with Crippen LogP contribution in [0, 0.1) is 0 Å². The van der Waals surface area contributed by atoms with Crippen LogP contribution >= 0.6 is 11.3 Å². The van der Waals surface area contributed by atoms with Crippen molar-refractivity contribution in [2.45, 2.75) is 13.5 Å². The number of carbonyl (C=O) groups is 1. The van der Waals surface area contributed by atoms with Crippen molar-refractivity contribution in [2.24, 2.45) is 0 Å². The Morgan fingerprint density at radius 2 is 1.96 bits per heavy atom. The fourth-order valence-electron chi connectivity index (χ4n) is 3.30. The van der Waals surface area contributed by atoms with Gasteiger partial charge in [-0.25, -0.2) is 0 Å². The lowest BCUT2D eigenvalue weighted by Crippen LogP contribution is -2.48. The van der Waals surface area contributed by atoms with Crippen LogP contribution < -0.4 is 9.47 Å². The lowest BCUT2D eigenvalue weighted by molar-refractivity contribution is -0.128. The quantitative estimate of drug-likeness (QED) is 0.775. The van der Waals surface area contributed by atoms with Crippen LogP contribution in [0.5, 0.6) is 11.5 Å². The molecule has 0 bridgehead atoms. The van der Waals surface area contributed by atoms with Crippen molar-refractivity contribution in [3.8, 4) is 11.5 Å². The molecule has 2 aromatic rings. The number of ether oxygens (including phenoxy) is 2. The molecule has 1 fully saturated rings. The third-order valence-corrected chi connectivity index (χ3v) is 5.56. The first-order valence-electron chi connectivity index (χ1n) is 8.81. The number of rotatable bonds is 4. The minimum absolute atomic E-state index is 0.140. The van der Waals surface area contributed by atoms with Gasteiger partial charge in [0.05, 0.1) is 0 Å². The van der Waals surface area contributed by atoms with Crippen molar-refractivity contribution in [3.63, 3.8) is 0 Å². The first-order chi connectivity index (χ1) is 12.7. The van der Waals surface area contributed by atoms with E-state index in [0.29, 0.717) is 6.79 Å². The zero-order valence-electron chi connectivity index (χ0n) is 14.8. The van der Waals surface area contributed by atoms with E-state index in [1.54, 1.807) is 11.3 Å². The molecule has 0 radical (unpaired) electrons. The van der Waals surface area contributed by atoms with Crippen LogP contribution in [-0.4, -0.2) is 48.7 Å². The standard InChI is InChI=1S/C20H22N2O3S/c1-15(11-17-3-2-10-26-17)20(23)22-8-6-21(7-9-22)13-16-4-5-18-19(12-16)25-14-24-18/h2-5,10-12H,6-9,13-14H2,1H3/b15-11+. The largest absolute Gasteiger partial charge is 0.454 e. The molecule has 1 aromatic carbocycles. The smallest absolute Gasteiger partial charge is 0.249 e. The highest BCUT2D eigenvalue weighted by Crippen LogP contribution is 2.32. The summed E-state index contributed by atoms with van der Waals surface area (Å²) in [6.45, 7) is 6.36. The molecule has 0 saturated carbocycles. The van der Waals surface area contributed by atoms with Crippen molar-refractivity contribution in [3.05, 3.63) is 51.7 Å². The third kappa shape index (κ3) is 3.76. The van der Waals surface area contributed by atoms with Gasteiger partial charge in [0.25, 0.3) is 0 Å². The Hall–Kier alpha value is -2.31. The van der Waals surface area contributed by atoms with Gasteiger partial charge in [-0.15, -0.1) is 11.3 Å². The highest BCUT2D eigenvalue weighted by atomic mass is 32.1. The Morgan fingerprint density at radius 3 is 2.73 bits per heavy atom. The van der Waals surface area contributed by atoms with Crippen molar-refractivity contribution in [1.82, 2.24) is 9.80 Å². The zero-order valence-corrected chi connectivity index (χ0v) is 15.6. The second kappa shape index (κ2) is 7.51. The van der Waals surface area contributed by atoms with Gasteiger partial charge >= 0.3 is 0 Å². The van der Waals surface area contributed by atoms with E-state index in [2.05, 4.69) is 11.0 Å². The first kappa shape index (κ1) is 17.1. The van der Waals surface area contributed by atoms with Crippen molar-refractivity contribution in [1.29, 1.82) is 0 Å². The van der Waals surface area contributed by atoms with Gasteiger partial charge in [0, 0.05) is 43.2 Å². The van der Waals surface area contributed by atoms with Gasteiger partial charge in [0.2, 0.25) is 12.7 Å². The maximum absolute atomic E-state index is 12.6. The molecule has 0 atom stereocenters. The molecule has 0 spiro atoms. The van der Waals surface area contributed by atoms with Crippen molar-refractivity contribution < 1.29 is 14.3 Å². The molecule has 0 unspecified atom stereocenters. The Morgan fingerprint density at radius 1 is 1.15 bits per heavy atom. The molecule has 4 rings (SSSR count). The van der Waals surface area contributed by atoms with Crippen LogP contribution in [0.3, 0.4) is 0 Å². The number of fused-ring (bicyclic) bond motifs is 1. The molecule has 136 valence electrons. The lowest BCUT2D eigenvalue weighted by Gasteiger charge is -2.35. The summed E-state index contributed by atoms with van der Waals surface area (Å²) in [4.78, 5) is 18.1. The predicted molar refractivity (Wildman–Crippen MR) is 102 cm³/mol. The number of benzene rings is 1. The summed E-state index contributed by atoms with van der Waals surface area (Å²) in [7, 11) is 0. The summed E-state index contributed by atoms with van der Waals surface area (Å²) >= 11 is 1.65. The molecule has 2 aliphatic rings. The minimum Gasteiger partial charge on any atom is -0.454 e. The van der Waals surface area contributed by atoms with Crippen LogP contribution in [0.25, 0.3) is 6.08 Å². The summed E-state index contributed by atoms with van der Waals surface area (Å²) in [6, 6.07) is 10.1. The molecule has 5 nitrogen and oxygen atoms in total. The van der Waals surface area contributed by atoms with E-state index in [-0.39, 0.29) is 5.91 Å². The average molecular weight is 370 g/mol. The molecule has 6 heteroatoms. The number of amides is 1. The molecule has 1 saturated heterocycles. The molecule has 2 aliphatic heterocycles. The van der Waals surface area contributed by atoms with Crippen LogP contribution in [0.1, 0.15) is 17.4 Å². The van der Waals surface area contributed by atoms with Gasteiger partial charge in [-0.2, -0.15) is 0 Å². The SMILES string of the molecule is C/C(=C\c1cccs1)C(=O)N1CCN(Cc2ccc3c(c2)OCO3)CC1. The molecular formula is C20H22N2O3S. The Balaban J connectivity index is 1.32. The van der Waals surface area contributed by atoms with E-state index in [9.17, 15) is 4.79 Å². The average Bonchev–Trinajstić information content (AvgIpc) is 3.33. The zero-order chi connectivity index (χ0) is 17.9. The molecular weight excluding hydrogens is 348 g/mol. The molecule has 0 N–H and O–H groups in total. The van der Waals surface area contributed by atoms with Gasteiger partial charge in [-0.05, 0) is 42.1 Å². The normalized spacial score (nSPS) is 17.6. The van der Waals surface area contributed by atoms with Crippen LogP contribution in [-0.2, 0) is 11.3 Å². The Labute approximate surface area is 157 Å². The number of carbonyl (C=O) groups excluding carboxylic acids is 1. The van der Waals surface area contributed by atoms with E-state index in [1.807, 2.05) is 47.5 Å². The summed E-state index contributed by atoms with van der Waals surface area (Å²) < 4.78 is 10.8. The monoisotopic (exact) mass is 370 g/mol. The van der Waals surface area contributed by atoms with E-state index in [1.165, 1.54) is 5.56 Å². The van der Waals surface area contributed by atoms with Crippen molar-refractivity contribution >= 4 is 23.3 Å². The fraction of sp³-hybridized carbons (Fsp3) is 0.350. The second-order valence-electron chi connectivity index (χ2n) is 6.60. The van der Waals surface area contributed by atoms with Crippen LogP contribution in [0.2, 0.25) is 0 Å². The minimum atomic E-state index is 0.140. The molecule has 0 aliphatic carbocycles. The van der Waals surface area contributed by atoms with E-state index in [0.717, 1.165) is 54.7 Å². The molecule has 1 amide bonds. The predicted octanol–water partition coefficient (Wildman–Crippen LogP) is 3.22. The Kier molecular flexibility index (Phi) is 4.95. The van der Waals surface area contributed by atoms with Crippen LogP contribution in [0.4, 0.5) is 0 Å². The maximum atomic E-state index is 12.6. The first-order valence-corrected chi connectivity index (χ1v) is 9.69. The number of piperazine rings is 1. The highest BCUT2D eigenvalue weighted by Gasteiger charge is 2.22. The molecule has 1 aromatic heterocycles. The Bertz CT molecular complexity index is 808. The maximum Gasteiger partial charge on any atom is 0.249 e. The van der Waals surface area contributed by atoms with Crippen molar-refractivity contribution in [2.75, 3.05) is 33.0 Å². The van der Waals surface area contributed by atoms with E-state index in [4.69, 9.17) is 9.47 Å². The van der Waals surface area contributed by atoms with Gasteiger partial charge in [-0.3, -0.25) is 9.69 Å². The van der Waals surface area contributed by atoms with Crippen LogP contribution in [0.15, 0.2) is 41.3 Å². The summed E-state index contributed by atoms with van der Waals surface area (Å²) in [5.74, 6) is 1.78. The number of nitrogens with zero attached hydrogens (tertiary/aromatic N) is 2. The summed E-state index contributed by atoms with van der Waals surface area (Å²) in [5.41, 5.74) is 2.01.